The van der Waals surface area contributed by atoms with Crippen molar-refractivity contribution in [2.24, 2.45) is 0 Å². The van der Waals surface area contributed by atoms with E-state index in [4.69, 9.17) is 5.11 Å². The van der Waals surface area contributed by atoms with Crippen molar-refractivity contribution in [3.8, 4) is 0 Å². The summed E-state index contributed by atoms with van der Waals surface area (Å²) >= 11 is 0. The zero-order valence-corrected chi connectivity index (χ0v) is 9.09. The number of amides is 1. The van der Waals surface area contributed by atoms with Crippen molar-refractivity contribution in [3.63, 3.8) is 0 Å². The van der Waals surface area contributed by atoms with Gasteiger partial charge in [0.15, 0.2) is 0 Å². The summed E-state index contributed by atoms with van der Waals surface area (Å²) in [5.74, 6) is 0.465. The van der Waals surface area contributed by atoms with E-state index in [1.807, 2.05) is 6.20 Å². The average molecular weight is 224 g/mol. The Bertz CT molecular complexity index is 359. The Balaban J connectivity index is 1.76. The fourth-order valence-corrected chi connectivity index (χ4v) is 1.47. The molecule has 16 heavy (non-hydrogen) atoms. The molecule has 0 saturated heterocycles. The minimum absolute atomic E-state index is 0.0927. The van der Waals surface area contributed by atoms with Gasteiger partial charge in [0, 0.05) is 25.3 Å². The number of hydrogen-bond acceptors (Lipinski definition) is 4. The molecular formula is C10H16N4O2. The van der Waals surface area contributed by atoms with Crippen LogP contribution in [0.15, 0.2) is 6.20 Å². The first-order valence-electron chi connectivity index (χ1n) is 5.57. The minimum Gasteiger partial charge on any atom is -0.396 e. The summed E-state index contributed by atoms with van der Waals surface area (Å²) in [6, 6.07) is 0. The third kappa shape index (κ3) is 3.03. The van der Waals surface area contributed by atoms with Crippen LogP contribution in [-0.4, -0.2) is 39.2 Å². The smallest absolute Gasteiger partial charge is 0.241 e. The number of carbonyl (C=O) groups is 1. The van der Waals surface area contributed by atoms with E-state index >= 15 is 0 Å². The Hall–Kier alpha value is -1.43. The normalized spacial score (nSPS) is 15.1. The van der Waals surface area contributed by atoms with Crippen LogP contribution < -0.4 is 5.32 Å². The van der Waals surface area contributed by atoms with Gasteiger partial charge in [-0.3, -0.25) is 4.79 Å². The summed E-state index contributed by atoms with van der Waals surface area (Å²) in [5.41, 5.74) is 0.989. The van der Waals surface area contributed by atoms with Crippen molar-refractivity contribution in [2.75, 3.05) is 13.2 Å². The molecule has 0 aromatic carbocycles. The second-order valence-corrected chi connectivity index (χ2v) is 4.04. The molecule has 1 amide bonds. The molecule has 1 aromatic heterocycles. The van der Waals surface area contributed by atoms with Gasteiger partial charge in [-0.05, 0) is 19.3 Å². The van der Waals surface area contributed by atoms with Crippen molar-refractivity contribution < 1.29 is 9.90 Å². The molecule has 88 valence electrons. The Morgan fingerprint density at radius 3 is 3.12 bits per heavy atom. The highest BCUT2D eigenvalue weighted by Gasteiger charge is 2.26. The molecule has 0 bridgehead atoms. The zero-order valence-electron chi connectivity index (χ0n) is 9.09. The van der Waals surface area contributed by atoms with Crippen LogP contribution in [0, 0.1) is 0 Å². The molecule has 6 nitrogen and oxygen atoms in total. The molecule has 1 aromatic rings. The van der Waals surface area contributed by atoms with E-state index < -0.39 is 0 Å². The predicted molar refractivity (Wildman–Crippen MR) is 56.7 cm³/mol. The SMILES string of the molecule is O=C(Cn1cc(C2CC2)nn1)NCCCO. The average Bonchev–Trinajstić information content (AvgIpc) is 3.01. The van der Waals surface area contributed by atoms with E-state index in [0.29, 0.717) is 18.9 Å². The quantitative estimate of drug-likeness (QED) is 0.647. The van der Waals surface area contributed by atoms with Crippen LogP contribution in [0.3, 0.4) is 0 Å². The van der Waals surface area contributed by atoms with Crippen LogP contribution in [0.5, 0.6) is 0 Å². The van der Waals surface area contributed by atoms with Crippen molar-refractivity contribution in [2.45, 2.75) is 31.7 Å². The van der Waals surface area contributed by atoms with Gasteiger partial charge in [-0.15, -0.1) is 5.10 Å². The van der Waals surface area contributed by atoms with E-state index in [1.54, 1.807) is 4.68 Å². The van der Waals surface area contributed by atoms with Gasteiger partial charge >= 0.3 is 0 Å². The van der Waals surface area contributed by atoms with Gasteiger partial charge in [0.25, 0.3) is 0 Å². The topological polar surface area (TPSA) is 80.0 Å². The highest BCUT2D eigenvalue weighted by molar-refractivity contribution is 5.75. The van der Waals surface area contributed by atoms with Crippen molar-refractivity contribution in [1.29, 1.82) is 0 Å². The van der Waals surface area contributed by atoms with Crippen LogP contribution in [0.2, 0.25) is 0 Å². The first-order chi connectivity index (χ1) is 7.79. The molecule has 1 heterocycles. The van der Waals surface area contributed by atoms with Crippen LogP contribution in [0.25, 0.3) is 0 Å². The van der Waals surface area contributed by atoms with Gasteiger partial charge in [-0.2, -0.15) is 0 Å². The van der Waals surface area contributed by atoms with Crippen LogP contribution in [0.4, 0.5) is 0 Å². The van der Waals surface area contributed by atoms with Crippen molar-refractivity contribution in [1.82, 2.24) is 20.3 Å². The highest BCUT2D eigenvalue weighted by Crippen LogP contribution is 2.38. The van der Waals surface area contributed by atoms with Gasteiger partial charge < -0.3 is 10.4 Å². The summed E-state index contributed by atoms with van der Waals surface area (Å²) in [6.45, 7) is 0.792. The molecule has 6 heteroatoms. The number of nitrogens with zero attached hydrogens (tertiary/aromatic N) is 3. The van der Waals surface area contributed by atoms with E-state index in [9.17, 15) is 4.79 Å². The fraction of sp³-hybridized carbons (Fsp3) is 0.700. The molecule has 1 aliphatic carbocycles. The Morgan fingerprint density at radius 2 is 2.44 bits per heavy atom. The molecule has 1 aliphatic rings. The van der Waals surface area contributed by atoms with Gasteiger partial charge in [-0.1, -0.05) is 5.21 Å². The number of carbonyl (C=O) groups excluding carboxylic acids is 1. The van der Waals surface area contributed by atoms with Gasteiger partial charge in [0.2, 0.25) is 5.91 Å². The maximum absolute atomic E-state index is 11.4. The van der Waals surface area contributed by atoms with Crippen molar-refractivity contribution in [3.05, 3.63) is 11.9 Å². The number of nitrogens with one attached hydrogen (secondary N) is 1. The molecule has 0 spiro atoms. The third-order valence-electron chi connectivity index (χ3n) is 2.51. The number of aromatic nitrogens is 3. The van der Waals surface area contributed by atoms with E-state index in [-0.39, 0.29) is 19.1 Å². The zero-order chi connectivity index (χ0) is 11.4. The minimum atomic E-state index is -0.0966. The highest BCUT2D eigenvalue weighted by atomic mass is 16.3. The molecule has 0 radical (unpaired) electrons. The third-order valence-corrected chi connectivity index (χ3v) is 2.51. The number of rotatable bonds is 6. The summed E-state index contributed by atoms with van der Waals surface area (Å²) in [6.07, 6.45) is 4.78. The molecule has 0 aliphatic heterocycles. The van der Waals surface area contributed by atoms with Gasteiger partial charge in [0.1, 0.15) is 6.54 Å². The standard InChI is InChI=1S/C10H16N4O2/c15-5-1-4-11-10(16)7-14-6-9(12-13-14)8-2-3-8/h6,8,15H,1-5,7H2,(H,11,16). The number of hydrogen-bond donors (Lipinski definition) is 2. The predicted octanol–water partition coefficient (Wildman–Crippen LogP) is -0.346. The van der Waals surface area contributed by atoms with Crippen LogP contribution in [-0.2, 0) is 11.3 Å². The molecule has 0 atom stereocenters. The maximum Gasteiger partial charge on any atom is 0.241 e. The lowest BCUT2D eigenvalue weighted by Crippen LogP contribution is -2.29. The molecule has 1 saturated carbocycles. The van der Waals surface area contributed by atoms with E-state index in [2.05, 4.69) is 15.6 Å². The lowest BCUT2D eigenvalue weighted by Gasteiger charge is -2.02. The maximum atomic E-state index is 11.4. The first-order valence-corrected chi connectivity index (χ1v) is 5.57. The van der Waals surface area contributed by atoms with E-state index in [0.717, 1.165) is 5.69 Å². The summed E-state index contributed by atoms with van der Waals surface area (Å²) in [5, 5.41) is 19.2. The largest absolute Gasteiger partial charge is 0.396 e. The Kier molecular flexibility index (Phi) is 3.51. The van der Waals surface area contributed by atoms with Gasteiger partial charge in [0.05, 0.1) is 5.69 Å². The van der Waals surface area contributed by atoms with Gasteiger partial charge in [-0.25, -0.2) is 4.68 Å². The summed E-state index contributed by atoms with van der Waals surface area (Å²) in [4.78, 5) is 11.4. The lowest BCUT2D eigenvalue weighted by atomic mass is 10.3. The molecular weight excluding hydrogens is 208 g/mol. The lowest BCUT2D eigenvalue weighted by molar-refractivity contribution is -0.121. The second-order valence-electron chi connectivity index (χ2n) is 4.04. The molecule has 2 rings (SSSR count). The Morgan fingerprint density at radius 1 is 1.62 bits per heavy atom. The number of aliphatic hydroxyl groups is 1. The van der Waals surface area contributed by atoms with Crippen LogP contribution >= 0.6 is 0 Å². The van der Waals surface area contributed by atoms with Crippen LogP contribution in [0.1, 0.15) is 30.9 Å². The fourth-order valence-electron chi connectivity index (χ4n) is 1.47. The molecule has 2 N–H and O–H groups in total. The monoisotopic (exact) mass is 224 g/mol. The molecule has 0 unspecified atom stereocenters. The summed E-state index contributed by atoms with van der Waals surface area (Å²) < 4.78 is 1.56. The first kappa shape index (κ1) is 11.1. The van der Waals surface area contributed by atoms with Crippen molar-refractivity contribution >= 4 is 5.91 Å². The number of aliphatic hydroxyl groups excluding tert-OH is 1. The van der Waals surface area contributed by atoms with E-state index in [1.165, 1.54) is 12.8 Å². The Labute approximate surface area is 93.6 Å². The second kappa shape index (κ2) is 5.07. The molecule has 1 fully saturated rings. The summed E-state index contributed by atoms with van der Waals surface area (Å²) in [7, 11) is 0.